The Balaban J connectivity index is 2.88. The summed E-state index contributed by atoms with van der Waals surface area (Å²) in [6, 6.07) is -2.14. The predicted molar refractivity (Wildman–Crippen MR) is 64.8 cm³/mol. The number of carboxylic acids is 1. The Morgan fingerprint density at radius 2 is 1.90 bits per heavy atom. The zero-order chi connectivity index (χ0) is 16.4. The molecule has 1 aliphatic heterocycles. The van der Waals surface area contributed by atoms with Gasteiger partial charge in [0.1, 0.15) is 5.60 Å². The van der Waals surface area contributed by atoms with Gasteiger partial charge in [0.05, 0.1) is 25.7 Å². The van der Waals surface area contributed by atoms with E-state index in [-0.39, 0.29) is 0 Å². The number of amides is 1. The minimum absolute atomic E-state index is 0.481. The number of morpholine rings is 1. The highest BCUT2D eigenvalue weighted by Crippen LogP contribution is 2.30. The number of carboxylic acid groups (broad SMARTS) is 1. The molecule has 0 aromatic carbocycles. The van der Waals surface area contributed by atoms with Crippen LogP contribution >= 0.6 is 0 Å². The van der Waals surface area contributed by atoms with Crippen LogP contribution in [0.5, 0.6) is 0 Å². The summed E-state index contributed by atoms with van der Waals surface area (Å²) in [5, 5.41) is 8.67. The van der Waals surface area contributed by atoms with Gasteiger partial charge in [0.2, 0.25) is 0 Å². The Kier molecular flexibility index (Phi) is 5.08. The van der Waals surface area contributed by atoms with Crippen molar-refractivity contribution in [1.29, 1.82) is 0 Å². The molecule has 1 amide bonds. The van der Waals surface area contributed by atoms with Crippen LogP contribution in [0.25, 0.3) is 0 Å². The molecule has 0 bridgehead atoms. The monoisotopic (exact) mass is 313 g/mol. The normalized spacial score (nSPS) is 23.8. The van der Waals surface area contributed by atoms with Gasteiger partial charge in [-0.15, -0.1) is 0 Å². The fourth-order valence-electron chi connectivity index (χ4n) is 1.83. The fourth-order valence-corrected chi connectivity index (χ4v) is 1.83. The van der Waals surface area contributed by atoms with Crippen molar-refractivity contribution >= 4 is 12.1 Å². The Hall–Kier alpha value is -1.51. The topological polar surface area (TPSA) is 76.1 Å². The third-order valence-corrected chi connectivity index (χ3v) is 2.67. The molecule has 0 aliphatic carbocycles. The van der Waals surface area contributed by atoms with E-state index < -0.39 is 55.6 Å². The Morgan fingerprint density at radius 3 is 2.33 bits per heavy atom. The number of halogens is 3. The van der Waals surface area contributed by atoms with Crippen molar-refractivity contribution in [3.05, 3.63) is 0 Å². The highest BCUT2D eigenvalue weighted by atomic mass is 19.4. The van der Waals surface area contributed by atoms with Crippen LogP contribution in [0.1, 0.15) is 27.2 Å². The molecule has 21 heavy (non-hydrogen) atoms. The Bertz CT molecular complexity index is 405. The van der Waals surface area contributed by atoms with Gasteiger partial charge in [-0.05, 0) is 20.8 Å². The van der Waals surface area contributed by atoms with Crippen LogP contribution in [0, 0.1) is 0 Å². The number of hydrogen-bond donors (Lipinski definition) is 1. The standard InChI is InChI=1S/C12H18F3NO5/c1-11(2,3)21-10(19)16-5-7(4-9(17)18)20-6-8(16)12(13,14)15/h7-8H,4-6H2,1-3H3,(H,17,18). The van der Waals surface area contributed by atoms with E-state index in [1.807, 2.05) is 0 Å². The van der Waals surface area contributed by atoms with Crippen LogP contribution < -0.4 is 0 Å². The van der Waals surface area contributed by atoms with Gasteiger partial charge in [-0.2, -0.15) is 13.2 Å². The fraction of sp³-hybridized carbons (Fsp3) is 0.833. The summed E-state index contributed by atoms with van der Waals surface area (Å²) in [5.41, 5.74) is -0.951. The van der Waals surface area contributed by atoms with Gasteiger partial charge in [-0.3, -0.25) is 9.69 Å². The molecule has 1 N–H and O–H groups in total. The van der Waals surface area contributed by atoms with Gasteiger partial charge in [-0.1, -0.05) is 0 Å². The first-order chi connectivity index (χ1) is 9.40. The lowest BCUT2D eigenvalue weighted by Gasteiger charge is -2.40. The van der Waals surface area contributed by atoms with Crippen LogP contribution in [0.4, 0.5) is 18.0 Å². The van der Waals surface area contributed by atoms with Gasteiger partial charge in [-0.25, -0.2) is 4.79 Å². The van der Waals surface area contributed by atoms with Gasteiger partial charge in [0.25, 0.3) is 0 Å². The molecule has 1 fully saturated rings. The lowest BCUT2D eigenvalue weighted by Crippen LogP contribution is -2.59. The lowest BCUT2D eigenvalue weighted by atomic mass is 10.1. The van der Waals surface area contributed by atoms with Crippen molar-refractivity contribution in [3.8, 4) is 0 Å². The summed E-state index contributed by atoms with van der Waals surface area (Å²) in [6.07, 6.45) is -7.29. The summed E-state index contributed by atoms with van der Waals surface area (Å²) in [6.45, 7) is 3.31. The summed E-state index contributed by atoms with van der Waals surface area (Å²) >= 11 is 0. The summed E-state index contributed by atoms with van der Waals surface area (Å²) < 4.78 is 48.6. The van der Waals surface area contributed by atoms with E-state index in [2.05, 4.69) is 0 Å². The SMILES string of the molecule is CC(C)(C)OC(=O)N1CC(CC(=O)O)OCC1C(F)(F)F. The smallest absolute Gasteiger partial charge is 0.411 e. The summed E-state index contributed by atoms with van der Waals surface area (Å²) in [5.74, 6) is -1.21. The maximum Gasteiger partial charge on any atom is 0.411 e. The van der Waals surface area contributed by atoms with Crippen LogP contribution in [-0.2, 0) is 14.3 Å². The van der Waals surface area contributed by atoms with Crippen molar-refractivity contribution in [2.24, 2.45) is 0 Å². The van der Waals surface area contributed by atoms with Crippen LogP contribution in [0.15, 0.2) is 0 Å². The highest BCUT2D eigenvalue weighted by molar-refractivity contribution is 5.70. The molecule has 1 saturated heterocycles. The molecule has 0 spiro atoms. The first-order valence-corrected chi connectivity index (χ1v) is 6.30. The minimum atomic E-state index is -4.68. The molecule has 1 rings (SSSR count). The lowest BCUT2D eigenvalue weighted by molar-refractivity contribution is -0.217. The third-order valence-electron chi connectivity index (χ3n) is 2.67. The van der Waals surface area contributed by atoms with Crippen LogP contribution in [0.2, 0.25) is 0 Å². The minimum Gasteiger partial charge on any atom is -0.481 e. The summed E-state index contributed by atoms with van der Waals surface area (Å²) in [7, 11) is 0. The van der Waals surface area contributed by atoms with Crippen molar-refractivity contribution in [3.63, 3.8) is 0 Å². The number of carbonyl (C=O) groups excluding carboxylic acids is 1. The number of hydrogen-bond acceptors (Lipinski definition) is 4. The second-order valence-electron chi connectivity index (χ2n) is 5.74. The molecule has 2 atom stereocenters. The average Bonchev–Trinajstić information content (AvgIpc) is 2.24. The molecule has 122 valence electrons. The van der Waals surface area contributed by atoms with E-state index in [9.17, 15) is 22.8 Å². The number of nitrogens with zero attached hydrogens (tertiary/aromatic N) is 1. The molecule has 0 aromatic rings. The first kappa shape index (κ1) is 17.5. The number of aliphatic carboxylic acids is 1. The van der Waals surface area contributed by atoms with E-state index in [1.165, 1.54) is 20.8 Å². The van der Waals surface area contributed by atoms with E-state index in [0.29, 0.717) is 4.90 Å². The van der Waals surface area contributed by atoms with Crippen molar-refractivity contribution in [1.82, 2.24) is 4.90 Å². The number of rotatable bonds is 2. The number of carbonyl (C=O) groups is 2. The molecule has 0 saturated carbocycles. The molecule has 0 aromatic heterocycles. The van der Waals surface area contributed by atoms with E-state index in [0.717, 1.165) is 0 Å². The third kappa shape index (κ3) is 5.41. The van der Waals surface area contributed by atoms with Crippen molar-refractivity contribution in [2.45, 2.75) is 51.1 Å². The van der Waals surface area contributed by atoms with Crippen LogP contribution in [-0.4, -0.2) is 59.1 Å². The Morgan fingerprint density at radius 1 is 1.33 bits per heavy atom. The molecule has 2 unspecified atom stereocenters. The zero-order valence-electron chi connectivity index (χ0n) is 11.9. The van der Waals surface area contributed by atoms with Gasteiger partial charge in [0, 0.05) is 0 Å². The quantitative estimate of drug-likeness (QED) is 0.844. The second kappa shape index (κ2) is 6.08. The molecule has 1 heterocycles. The number of ether oxygens (including phenoxy) is 2. The predicted octanol–water partition coefficient (Wildman–Crippen LogP) is 2.03. The molecular formula is C12H18F3NO5. The Labute approximate surface area is 119 Å². The van der Waals surface area contributed by atoms with Gasteiger partial charge in [0.15, 0.2) is 6.04 Å². The van der Waals surface area contributed by atoms with E-state index >= 15 is 0 Å². The second-order valence-corrected chi connectivity index (χ2v) is 5.74. The van der Waals surface area contributed by atoms with E-state index in [4.69, 9.17) is 14.6 Å². The van der Waals surface area contributed by atoms with Gasteiger partial charge < -0.3 is 14.6 Å². The maximum absolute atomic E-state index is 12.9. The zero-order valence-corrected chi connectivity index (χ0v) is 11.9. The summed E-state index contributed by atoms with van der Waals surface area (Å²) in [4.78, 5) is 23.0. The molecule has 9 heteroatoms. The van der Waals surface area contributed by atoms with Crippen LogP contribution in [0.3, 0.4) is 0 Å². The largest absolute Gasteiger partial charge is 0.481 e. The molecule has 0 radical (unpaired) electrons. The first-order valence-electron chi connectivity index (χ1n) is 6.30. The number of alkyl halides is 3. The van der Waals surface area contributed by atoms with E-state index in [1.54, 1.807) is 0 Å². The molecular weight excluding hydrogens is 295 g/mol. The van der Waals surface area contributed by atoms with Crippen molar-refractivity contribution in [2.75, 3.05) is 13.2 Å². The molecule has 6 nitrogen and oxygen atoms in total. The van der Waals surface area contributed by atoms with Crippen molar-refractivity contribution < 1.29 is 37.3 Å². The molecule has 1 aliphatic rings. The highest BCUT2D eigenvalue weighted by Gasteiger charge is 2.50. The maximum atomic E-state index is 12.9. The average molecular weight is 313 g/mol. The van der Waals surface area contributed by atoms with Gasteiger partial charge >= 0.3 is 18.2 Å².